The summed E-state index contributed by atoms with van der Waals surface area (Å²) in [7, 11) is 1.40. The Bertz CT molecular complexity index is 994. The number of nitrogens with one attached hydrogen (secondary N) is 1. The molecule has 0 saturated carbocycles. The molecule has 7 nitrogen and oxygen atoms in total. The Hall–Kier alpha value is -3.09. The van der Waals surface area contributed by atoms with Crippen molar-refractivity contribution in [2.45, 2.75) is 77.9 Å². The first-order chi connectivity index (χ1) is 17.3. The molecule has 2 N–H and O–H groups in total. The molecule has 1 fully saturated rings. The number of esters is 1. The zero-order chi connectivity index (χ0) is 26.1. The highest BCUT2D eigenvalue weighted by atomic mass is 16.5. The first kappa shape index (κ1) is 27.5. The Morgan fingerprint density at radius 1 is 1.19 bits per heavy atom. The van der Waals surface area contributed by atoms with Crippen LogP contribution in [0.1, 0.15) is 75.3 Å². The Kier molecular flexibility index (Phi) is 10.1. The molecule has 0 spiro atoms. The summed E-state index contributed by atoms with van der Waals surface area (Å²) in [5.41, 5.74) is 1.11. The van der Waals surface area contributed by atoms with Crippen LogP contribution in [0.25, 0.3) is 0 Å². The van der Waals surface area contributed by atoms with Crippen molar-refractivity contribution in [1.29, 1.82) is 0 Å². The first-order valence-corrected chi connectivity index (χ1v) is 13.1. The lowest BCUT2D eigenvalue weighted by atomic mass is 9.77. The lowest BCUT2D eigenvalue weighted by Gasteiger charge is -2.32. The number of rotatable bonds is 9. The van der Waals surface area contributed by atoms with Crippen LogP contribution in [0, 0.1) is 17.8 Å². The van der Waals surface area contributed by atoms with Gasteiger partial charge in [0.1, 0.15) is 12.1 Å². The number of hydrogen-bond acceptors (Lipinski definition) is 6. The van der Waals surface area contributed by atoms with Crippen molar-refractivity contribution in [2.75, 3.05) is 7.11 Å². The summed E-state index contributed by atoms with van der Waals surface area (Å²) < 4.78 is 11.0. The smallest absolute Gasteiger partial charge is 0.328 e. The Labute approximate surface area is 214 Å². The van der Waals surface area contributed by atoms with Crippen LogP contribution in [-0.4, -0.2) is 41.2 Å². The largest absolute Gasteiger partial charge is 0.503 e. The highest BCUT2D eigenvalue weighted by Crippen LogP contribution is 2.34. The minimum atomic E-state index is -0.800. The number of aromatic hydroxyl groups is 1. The molecule has 1 aliphatic rings. The molecule has 0 unspecified atom stereocenters. The molecular weight excluding hydrogens is 456 g/mol. The monoisotopic (exact) mass is 496 g/mol. The molecule has 0 radical (unpaired) electrons. The van der Waals surface area contributed by atoms with E-state index in [-0.39, 0.29) is 29.2 Å². The number of hydrogen-bond donors (Lipinski definition) is 2. The molecule has 2 heterocycles. The van der Waals surface area contributed by atoms with Crippen LogP contribution < -0.4 is 10.1 Å². The maximum Gasteiger partial charge on any atom is 0.328 e. The predicted molar refractivity (Wildman–Crippen MR) is 139 cm³/mol. The standard InChI is InChI=1S/C29H40N2O5/c1-19(2)13-15-22-11-8-12-24(31-28(33)26-27(32)25(35-4)17-18-30-26)29(34)36-20(3)23(22)16-14-21-9-6-5-7-10-21/h5-7,9-10,17-20,22-24,32H,8,11-16H2,1-4H3,(H,31,33)/t20-,22+,23-,24-/m0/s1. The zero-order valence-electron chi connectivity index (χ0n) is 21.9. The average Bonchev–Trinajstić information content (AvgIpc) is 2.91. The molecule has 1 aromatic heterocycles. The third-order valence-electron chi connectivity index (χ3n) is 7.21. The van der Waals surface area contributed by atoms with E-state index in [4.69, 9.17) is 9.47 Å². The van der Waals surface area contributed by atoms with E-state index in [1.165, 1.54) is 24.9 Å². The number of ether oxygens (including phenoxy) is 2. The molecule has 7 heteroatoms. The summed E-state index contributed by atoms with van der Waals surface area (Å²) in [5, 5.41) is 13.0. The van der Waals surface area contributed by atoms with Gasteiger partial charge in [0.2, 0.25) is 0 Å². The third-order valence-corrected chi connectivity index (χ3v) is 7.21. The lowest BCUT2D eigenvalue weighted by Crippen LogP contribution is -2.43. The van der Waals surface area contributed by atoms with Crippen molar-refractivity contribution < 1.29 is 24.2 Å². The normalized spacial score (nSPS) is 22.8. The summed E-state index contributed by atoms with van der Waals surface area (Å²) in [4.78, 5) is 30.0. The van der Waals surface area contributed by atoms with Gasteiger partial charge in [-0.05, 0) is 62.3 Å². The lowest BCUT2D eigenvalue weighted by molar-refractivity contribution is -0.154. The maximum atomic E-state index is 13.2. The molecule has 1 aromatic carbocycles. The number of carbonyl (C=O) groups is 2. The number of aryl methyl sites for hydroxylation is 1. The van der Waals surface area contributed by atoms with Crippen LogP contribution >= 0.6 is 0 Å². The van der Waals surface area contributed by atoms with Gasteiger partial charge in [-0.1, -0.05) is 57.0 Å². The number of pyridine rings is 1. The minimum Gasteiger partial charge on any atom is -0.503 e. The quantitative estimate of drug-likeness (QED) is 0.457. The molecule has 1 aliphatic heterocycles. The van der Waals surface area contributed by atoms with Crippen LogP contribution in [0.4, 0.5) is 0 Å². The van der Waals surface area contributed by atoms with Gasteiger partial charge in [-0.2, -0.15) is 0 Å². The van der Waals surface area contributed by atoms with E-state index in [1.54, 1.807) is 0 Å². The maximum absolute atomic E-state index is 13.2. The molecule has 1 saturated heterocycles. The average molecular weight is 497 g/mol. The summed E-state index contributed by atoms with van der Waals surface area (Å²) >= 11 is 0. The van der Waals surface area contributed by atoms with Crippen LogP contribution in [0.3, 0.4) is 0 Å². The van der Waals surface area contributed by atoms with Crippen molar-refractivity contribution in [3.05, 3.63) is 53.9 Å². The predicted octanol–water partition coefficient (Wildman–Crippen LogP) is 5.31. The molecule has 196 valence electrons. The molecule has 1 amide bonds. The highest BCUT2D eigenvalue weighted by Gasteiger charge is 2.34. The number of benzene rings is 1. The van der Waals surface area contributed by atoms with Gasteiger partial charge in [0.05, 0.1) is 7.11 Å². The number of aromatic nitrogens is 1. The zero-order valence-corrected chi connectivity index (χ0v) is 21.9. The molecule has 0 aliphatic carbocycles. The van der Waals surface area contributed by atoms with E-state index in [1.807, 2.05) is 13.0 Å². The second kappa shape index (κ2) is 13.3. The fourth-order valence-corrected chi connectivity index (χ4v) is 5.13. The summed E-state index contributed by atoms with van der Waals surface area (Å²) in [6.07, 6.45) is 7.48. The number of carbonyl (C=O) groups excluding carboxylic acids is 2. The third kappa shape index (κ3) is 7.45. The van der Waals surface area contributed by atoms with Crippen molar-refractivity contribution in [2.24, 2.45) is 17.8 Å². The van der Waals surface area contributed by atoms with Crippen LogP contribution in [0.2, 0.25) is 0 Å². The molecule has 0 bridgehead atoms. The second-order valence-corrected chi connectivity index (χ2v) is 10.2. The van der Waals surface area contributed by atoms with Crippen molar-refractivity contribution >= 4 is 11.9 Å². The van der Waals surface area contributed by atoms with Crippen molar-refractivity contribution in [1.82, 2.24) is 10.3 Å². The summed E-state index contributed by atoms with van der Waals surface area (Å²) in [6, 6.07) is 11.1. The van der Waals surface area contributed by atoms with E-state index in [0.717, 1.165) is 38.5 Å². The number of cyclic esters (lactones) is 1. The summed E-state index contributed by atoms with van der Waals surface area (Å²) in [6.45, 7) is 6.46. The molecule has 36 heavy (non-hydrogen) atoms. The van der Waals surface area contributed by atoms with Crippen molar-refractivity contribution in [3.63, 3.8) is 0 Å². The number of amides is 1. The molecule has 4 atom stereocenters. The fourth-order valence-electron chi connectivity index (χ4n) is 5.13. The van der Waals surface area contributed by atoms with Crippen LogP contribution in [0.15, 0.2) is 42.6 Å². The highest BCUT2D eigenvalue weighted by molar-refractivity contribution is 5.97. The van der Waals surface area contributed by atoms with Gasteiger partial charge in [0, 0.05) is 12.3 Å². The summed E-state index contributed by atoms with van der Waals surface area (Å²) in [5.74, 6) is 0.0287. The van der Waals surface area contributed by atoms with E-state index >= 15 is 0 Å². The van der Waals surface area contributed by atoms with Gasteiger partial charge < -0.3 is 19.9 Å². The number of nitrogens with zero attached hydrogens (tertiary/aromatic N) is 1. The van der Waals surface area contributed by atoms with E-state index in [2.05, 4.69) is 48.4 Å². The van der Waals surface area contributed by atoms with Gasteiger partial charge in [-0.25, -0.2) is 9.78 Å². The molecule has 2 aromatic rings. The number of methoxy groups -OCH3 is 1. The Balaban J connectivity index is 1.74. The van der Waals surface area contributed by atoms with Gasteiger partial charge in [-0.15, -0.1) is 0 Å². The van der Waals surface area contributed by atoms with E-state index in [9.17, 15) is 14.7 Å². The Morgan fingerprint density at radius 2 is 1.94 bits per heavy atom. The molecular formula is C29H40N2O5. The van der Waals surface area contributed by atoms with E-state index < -0.39 is 17.9 Å². The van der Waals surface area contributed by atoms with Gasteiger partial charge >= 0.3 is 5.97 Å². The van der Waals surface area contributed by atoms with Crippen LogP contribution in [-0.2, 0) is 16.0 Å². The topological polar surface area (TPSA) is 97.8 Å². The minimum absolute atomic E-state index is 0.148. The SMILES string of the molecule is COc1ccnc(C(=O)N[C@H]2CCC[C@H](CCC(C)C)[C@@H](CCc3ccccc3)[C@H](C)OC2=O)c1O. The van der Waals surface area contributed by atoms with Gasteiger partial charge in [0.25, 0.3) is 5.91 Å². The van der Waals surface area contributed by atoms with Crippen LogP contribution in [0.5, 0.6) is 11.5 Å². The first-order valence-electron chi connectivity index (χ1n) is 13.1. The fraction of sp³-hybridized carbons (Fsp3) is 0.552. The van der Waals surface area contributed by atoms with E-state index in [0.29, 0.717) is 18.3 Å². The molecule has 3 rings (SSSR count). The second-order valence-electron chi connectivity index (χ2n) is 10.2. The Morgan fingerprint density at radius 3 is 2.64 bits per heavy atom. The van der Waals surface area contributed by atoms with Crippen molar-refractivity contribution in [3.8, 4) is 11.5 Å². The van der Waals surface area contributed by atoms with Gasteiger partial charge in [-0.3, -0.25) is 4.79 Å². The van der Waals surface area contributed by atoms with Gasteiger partial charge in [0.15, 0.2) is 17.2 Å².